The number of nitrogens with zero attached hydrogens (tertiary/aromatic N) is 1. The highest BCUT2D eigenvalue weighted by molar-refractivity contribution is 6.30. The Hall–Kier alpha value is -2.01. The molecular formula is C12H11ClN2O3. The molecule has 1 aromatic heterocycles. The molecule has 1 aromatic carbocycles. The Morgan fingerprint density at radius 1 is 1.44 bits per heavy atom. The van der Waals surface area contributed by atoms with E-state index in [-0.39, 0.29) is 11.7 Å². The van der Waals surface area contributed by atoms with Gasteiger partial charge in [-0.1, -0.05) is 11.6 Å². The van der Waals surface area contributed by atoms with Crippen LogP contribution in [0.1, 0.15) is 18.7 Å². The van der Waals surface area contributed by atoms with Crippen molar-refractivity contribution in [3.05, 3.63) is 57.5 Å². The normalized spacial score (nSPS) is 12.1. The molecule has 1 atom stereocenters. The van der Waals surface area contributed by atoms with Crippen molar-refractivity contribution in [2.45, 2.75) is 13.0 Å². The van der Waals surface area contributed by atoms with E-state index in [0.29, 0.717) is 16.5 Å². The van der Waals surface area contributed by atoms with Gasteiger partial charge in [-0.2, -0.15) is 0 Å². The van der Waals surface area contributed by atoms with E-state index in [0.717, 1.165) is 0 Å². The summed E-state index contributed by atoms with van der Waals surface area (Å²) in [5.74, 6) is 0.708. The van der Waals surface area contributed by atoms with Gasteiger partial charge < -0.3 is 9.73 Å². The first-order valence-corrected chi connectivity index (χ1v) is 5.69. The van der Waals surface area contributed by atoms with Gasteiger partial charge in [-0.3, -0.25) is 10.1 Å². The molecule has 0 aliphatic carbocycles. The minimum Gasteiger partial charge on any atom is -0.467 e. The second-order valence-electron chi connectivity index (χ2n) is 3.80. The van der Waals surface area contributed by atoms with Gasteiger partial charge in [0.15, 0.2) is 0 Å². The number of hydrogen-bond acceptors (Lipinski definition) is 4. The van der Waals surface area contributed by atoms with Crippen LogP contribution in [-0.4, -0.2) is 4.92 Å². The molecular weight excluding hydrogens is 256 g/mol. The average molecular weight is 267 g/mol. The van der Waals surface area contributed by atoms with E-state index in [2.05, 4.69) is 5.32 Å². The Kier molecular flexibility index (Phi) is 3.53. The molecule has 0 aliphatic heterocycles. The van der Waals surface area contributed by atoms with Crippen LogP contribution >= 0.6 is 11.6 Å². The number of rotatable bonds is 4. The fourth-order valence-corrected chi connectivity index (χ4v) is 1.79. The van der Waals surface area contributed by atoms with E-state index in [9.17, 15) is 10.1 Å². The van der Waals surface area contributed by atoms with Crippen molar-refractivity contribution in [2.24, 2.45) is 0 Å². The van der Waals surface area contributed by atoms with Crippen molar-refractivity contribution in [1.29, 1.82) is 0 Å². The second-order valence-corrected chi connectivity index (χ2v) is 4.24. The van der Waals surface area contributed by atoms with E-state index in [1.165, 1.54) is 6.07 Å². The SMILES string of the molecule is CC(Nc1ccc(Cl)cc1[N+](=O)[O-])c1ccco1. The van der Waals surface area contributed by atoms with E-state index in [1.807, 2.05) is 6.92 Å². The van der Waals surface area contributed by atoms with Gasteiger partial charge in [0, 0.05) is 11.1 Å². The van der Waals surface area contributed by atoms with Gasteiger partial charge in [-0.25, -0.2) is 0 Å². The van der Waals surface area contributed by atoms with Crippen LogP contribution in [0.25, 0.3) is 0 Å². The average Bonchev–Trinajstić information content (AvgIpc) is 2.84. The van der Waals surface area contributed by atoms with E-state index in [1.54, 1.807) is 30.5 Å². The van der Waals surface area contributed by atoms with Crippen LogP contribution in [0, 0.1) is 10.1 Å². The van der Waals surface area contributed by atoms with Crippen LogP contribution in [0.5, 0.6) is 0 Å². The first-order valence-electron chi connectivity index (χ1n) is 5.32. The van der Waals surface area contributed by atoms with Crippen LogP contribution in [-0.2, 0) is 0 Å². The number of nitro benzene ring substituents is 1. The fourth-order valence-electron chi connectivity index (χ4n) is 1.62. The zero-order valence-electron chi connectivity index (χ0n) is 9.59. The predicted octanol–water partition coefficient (Wildman–Crippen LogP) is 4.01. The van der Waals surface area contributed by atoms with Crippen LogP contribution in [0.3, 0.4) is 0 Å². The summed E-state index contributed by atoms with van der Waals surface area (Å²) in [6.45, 7) is 1.86. The third-order valence-electron chi connectivity index (χ3n) is 2.50. The number of halogens is 1. The summed E-state index contributed by atoms with van der Waals surface area (Å²) in [5, 5.41) is 14.3. The zero-order chi connectivity index (χ0) is 13.1. The van der Waals surface area contributed by atoms with Gasteiger partial charge in [-0.05, 0) is 31.2 Å². The lowest BCUT2D eigenvalue weighted by molar-refractivity contribution is -0.384. The largest absolute Gasteiger partial charge is 0.467 e. The molecule has 6 heteroatoms. The molecule has 94 valence electrons. The molecule has 0 spiro atoms. The highest BCUT2D eigenvalue weighted by Gasteiger charge is 2.17. The summed E-state index contributed by atoms with van der Waals surface area (Å²) in [4.78, 5) is 10.5. The number of furan rings is 1. The molecule has 2 aromatic rings. The zero-order valence-corrected chi connectivity index (χ0v) is 10.3. The molecule has 1 N–H and O–H groups in total. The van der Waals surface area contributed by atoms with Gasteiger partial charge >= 0.3 is 0 Å². The Morgan fingerprint density at radius 2 is 2.22 bits per heavy atom. The molecule has 0 aliphatic rings. The fraction of sp³-hybridized carbons (Fsp3) is 0.167. The van der Waals surface area contributed by atoms with E-state index in [4.69, 9.17) is 16.0 Å². The molecule has 0 saturated heterocycles. The van der Waals surface area contributed by atoms with Crippen LogP contribution in [0.15, 0.2) is 41.0 Å². The molecule has 0 saturated carbocycles. The smallest absolute Gasteiger partial charge is 0.293 e. The first-order chi connectivity index (χ1) is 8.58. The summed E-state index contributed by atoms with van der Waals surface area (Å²) in [6, 6.07) is 7.91. The lowest BCUT2D eigenvalue weighted by Gasteiger charge is -2.13. The maximum Gasteiger partial charge on any atom is 0.293 e. The number of hydrogen-bond donors (Lipinski definition) is 1. The summed E-state index contributed by atoms with van der Waals surface area (Å²) in [7, 11) is 0. The highest BCUT2D eigenvalue weighted by Crippen LogP contribution is 2.30. The molecule has 0 bridgehead atoms. The maximum atomic E-state index is 10.9. The standard InChI is InChI=1S/C12H11ClN2O3/c1-8(12-3-2-6-18-12)14-10-5-4-9(13)7-11(10)15(16)17/h2-8,14H,1H3. The summed E-state index contributed by atoms with van der Waals surface area (Å²) in [6.07, 6.45) is 1.56. The third-order valence-corrected chi connectivity index (χ3v) is 2.73. The van der Waals surface area contributed by atoms with Crippen LogP contribution in [0.4, 0.5) is 11.4 Å². The molecule has 0 amide bonds. The highest BCUT2D eigenvalue weighted by atomic mass is 35.5. The lowest BCUT2D eigenvalue weighted by Crippen LogP contribution is -2.07. The summed E-state index contributed by atoms with van der Waals surface area (Å²) in [5.41, 5.74) is 0.356. The molecule has 0 fully saturated rings. The van der Waals surface area contributed by atoms with Crippen molar-refractivity contribution in [3.8, 4) is 0 Å². The van der Waals surface area contributed by atoms with Crippen molar-refractivity contribution in [3.63, 3.8) is 0 Å². The minimum atomic E-state index is -0.469. The van der Waals surface area contributed by atoms with Gasteiger partial charge in [0.05, 0.1) is 17.2 Å². The van der Waals surface area contributed by atoms with E-state index < -0.39 is 4.92 Å². The molecule has 5 nitrogen and oxygen atoms in total. The predicted molar refractivity (Wildman–Crippen MR) is 68.9 cm³/mol. The van der Waals surface area contributed by atoms with Crippen molar-refractivity contribution in [2.75, 3.05) is 5.32 Å². The second kappa shape index (κ2) is 5.10. The van der Waals surface area contributed by atoms with E-state index >= 15 is 0 Å². The molecule has 1 unspecified atom stereocenters. The number of nitrogens with one attached hydrogen (secondary N) is 1. The Labute approximate surface area is 109 Å². The quantitative estimate of drug-likeness (QED) is 0.670. The molecule has 1 heterocycles. The van der Waals surface area contributed by atoms with Crippen LogP contribution in [0.2, 0.25) is 5.02 Å². The summed E-state index contributed by atoms with van der Waals surface area (Å²) >= 11 is 5.75. The van der Waals surface area contributed by atoms with Crippen molar-refractivity contribution >= 4 is 23.0 Å². The van der Waals surface area contributed by atoms with Gasteiger partial charge in [0.25, 0.3) is 5.69 Å². The maximum absolute atomic E-state index is 10.9. The number of nitro groups is 1. The van der Waals surface area contributed by atoms with Crippen molar-refractivity contribution < 1.29 is 9.34 Å². The Balaban J connectivity index is 2.26. The van der Waals surface area contributed by atoms with Gasteiger partial charge in [0.1, 0.15) is 11.4 Å². The minimum absolute atomic E-state index is 0.0547. The Morgan fingerprint density at radius 3 is 2.83 bits per heavy atom. The number of anilines is 1. The van der Waals surface area contributed by atoms with Gasteiger partial charge in [0.2, 0.25) is 0 Å². The molecule has 0 radical (unpaired) electrons. The lowest BCUT2D eigenvalue weighted by atomic mass is 10.2. The molecule has 2 rings (SSSR count). The topological polar surface area (TPSA) is 68.3 Å². The number of benzene rings is 1. The summed E-state index contributed by atoms with van der Waals surface area (Å²) < 4.78 is 5.23. The van der Waals surface area contributed by atoms with Crippen molar-refractivity contribution in [1.82, 2.24) is 0 Å². The van der Waals surface area contributed by atoms with Gasteiger partial charge in [-0.15, -0.1) is 0 Å². The first kappa shape index (κ1) is 12.4. The van der Waals surface area contributed by atoms with Crippen LogP contribution < -0.4 is 5.32 Å². The Bertz CT molecular complexity index is 554. The monoisotopic (exact) mass is 266 g/mol. The third kappa shape index (κ3) is 2.62. The molecule has 18 heavy (non-hydrogen) atoms.